The molecule has 1 heterocycles. The molecule has 0 saturated heterocycles. The van der Waals surface area contributed by atoms with Crippen LogP contribution in [0.1, 0.15) is 10.4 Å². The zero-order valence-electron chi connectivity index (χ0n) is 14.0. The first-order chi connectivity index (χ1) is 12.7. The third-order valence-corrected chi connectivity index (χ3v) is 5.41. The minimum atomic E-state index is -3.41. The third kappa shape index (κ3) is 4.71. The number of anilines is 1. The van der Waals surface area contributed by atoms with Crippen LogP contribution in [0, 0.1) is 0 Å². The largest absolute Gasteiger partial charge is 0.322 e. The van der Waals surface area contributed by atoms with Crippen molar-refractivity contribution in [2.24, 2.45) is 0 Å². The molecule has 0 saturated carbocycles. The van der Waals surface area contributed by atoms with Crippen molar-refractivity contribution in [2.75, 3.05) is 11.6 Å². The summed E-state index contributed by atoms with van der Waals surface area (Å²) in [6.45, 7) is 0. The summed E-state index contributed by atoms with van der Waals surface area (Å²) in [6.07, 6.45) is 1.07. The van der Waals surface area contributed by atoms with Gasteiger partial charge in [0.25, 0.3) is 5.91 Å². The summed E-state index contributed by atoms with van der Waals surface area (Å²) >= 11 is 9.40. The van der Waals surface area contributed by atoms with Gasteiger partial charge in [0.15, 0.2) is 14.9 Å². The number of benzene rings is 2. The Bertz CT molecular complexity index is 1120. The average molecular weight is 467 g/mol. The number of hydrogen-bond acceptors (Lipinski definition) is 5. The second-order valence-corrected chi connectivity index (χ2v) is 8.97. The normalized spacial score (nSPS) is 11.2. The van der Waals surface area contributed by atoms with Crippen LogP contribution in [-0.4, -0.2) is 30.8 Å². The first-order valence-electron chi connectivity index (χ1n) is 7.65. The van der Waals surface area contributed by atoms with Gasteiger partial charge >= 0.3 is 0 Å². The molecule has 2 aromatic carbocycles. The number of sulfone groups is 1. The molecule has 0 fully saturated rings. The maximum absolute atomic E-state index is 12.5. The highest BCUT2D eigenvalue weighted by molar-refractivity contribution is 9.10. The van der Waals surface area contributed by atoms with Crippen LogP contribution in [0.5, 0.6) is 0 Å². The number of rotatable bonds is 4. The van der Waals surface area contributed by atoms with Gasteiger partial charge in [-0.1, -0.05) is 39.7 Å². The van der Waals surface area contributed by atoms with Gasteiger partial charge in [-0.05, 0) is 42.5 Å². The van der Waals surface area contributed by atoms with Crippen LogP contribution in [0.25, 0.3) is 11.3 Å². The summed E-state index contributed by atoms with van der Waals surface area (Å²) in [4.78, 5) is 12.5. The predicted molar refractivity (Wildman–Crippen MR) is 108 cm³/mol. The van der Waals surface area contributed by atoms with Crippen molar-refractivity contribution < 1.29 is 13.2 Å². The summed E-state index contributed by atoms with van der Waals surface area (Å²) in [5.41, 5.74) is 2.05. The molecule has 0 aliphatic heterocycles. The molecule has 0 atom stereocenters. The number of hydrogen-bond donors (Lipinski definition) is 1. The Morgan fingerprint density at radius 2 is 1.85 bits per heavy atom. The molecule has 3 rings (SSSR count). The van der Waals surface area contributed by atoms with Crippen LogP contribution < -0.4 is 5.32 Å². The first kappa shape index (κ1) is 19.5. The third-order valence-electron chi connectivity index (χ3n) is 3.61. The number of aromatic nitrogens is 2. The van der Waals surface area contributed by atoms with Crippen molar-refractivity contribution in [1.29, 1.82) is 0 Å². The van der Waals surface area contributed by atoms with Gasteiger partial charge in [-0.3, -0.25) is 4.79 Å². The van der Waals surface area contributed by atoms with E-state index >= 15 is 0 Å². The molecule has 1 amide bonds. The van der Waals surface area contributed by atoms with E-state index in [9.17, 15) is 13.2 Å². The van der Waals surface area contributed by atoms with Crippen molar-refractivity contribution in [3.63, 3.8) is 0 Å². The summed E-state index contributed by atoms with van der Waals surface area (Å²) in [6, 6.07) is 15.0. The zero-order valence-corrected chi connectivity index (χ0v) is 17.1. The second kappa shape index (κ2) is 7.75. The van der Waals surface area contributed by atoms with E-state index < -0.39 is 9.84 Å². The summed E-state index contributed by atoms with van der Waals surface area (Å²) in [5.74, 6) is -0.350. The Morgan fingerprint density at radius 1 is 1.07 bits per heavy atom. The van der Waals surface area contributed by atoms with E-state index in [1.165, 1.54) is 6.07 Å². The Morgan fingerprint density at radius 3 is 2.52 bits per heavy atom. The molecule has 0 aliphatic carbocycles. The van der Waals surface area contributed by atoms with E-state index in [2.05, 4.69) is 31.4 Å². The van der Waals surface area contributed by atoms with Gasteiger partial charge in [0.05, 0.1) is 16.3 Å². The molecule has 0 spiro atoms. The lowest BCUT2D eigenvalue weighted by Crippen LogP contribution is -2.12. The number of carbonyl (C=O) groups is 1. The lowest BCUT2D eigenvalue weighted by atomic mass is 10.1. The molecular formula is C18H13BrClN3O3S. The van der Waals surface area contributed by atoms with E-state index in [0.717, 1.165) is 10.7 Å². The monoisotopic (exact) mass is 465 g/mol. The van der Waals surface area contributed by atoms with Crippen LogP contribution in [0.2, 0.25) is 5.02 Å². The van der Waals surface area contributed by atoms with E-state index in [1.807, 2.05) is 0 Å². The van der Waals surface area contributed by atoms with Crippen molar-refractivity contribution in [2.45, 2.75) is 5.03 Å². The van der Waals surface area contributed by atoms with Crippen molar-refractivity contribution in [1.82, 2.24) is 10.2 Å². The van der Waals surface area contributed by atoms with Gasteiger partial charge in [-0.15, -0.1) is 10.2 Å². The lowest BCUT2D eigenvalue weighted by Gasteiger charge is -2.09. The molecule has 3 aromatic rings. The summed E-state index contributed by atoms with van der Waals surface area (Å²) in [5, 5.41) is 10.7. The second-order valence-electron chi connectivity index (χ2n) is 5.69. The minimum absolute atomic E-state index is 0.0972. The highest BCUT2D eigenvalue weighted by Gasteiger charge is 2.13. The number of halogens is 2. The zero-order chi connectivity index (χ0) is 19.6. The summed E-state index contributed by atoms with van der Waals surface area (Å²) < 4.78 is 23.7. The molecule has 27 heavy (non-hydrogen) atoms. The standard InChI is InChI=1S/C18H13BrClN3O3S/c1-27(25,26)17-8-7-16(22-23-17)11-3-2-4-13(9-11)21-18(24)14-10-12(19)5-6-15(14)20/h2-10H,1H3,(H,21,24). The molecule has 1 N–H and O–H groups in total. The molecule has 1 aromatic heterocycles. The van der Waals surface area contributed by atoms with Crippen molar-refractivity contribution in [3.8, 4) is 11.3 Å². The van der Waals surface area contributed by atoms with Crippen molar-refractivity contribution in [3.05, 3.63) is 69.7 Å². The number of nitrogens with zero attached hydrogens (tertiary/aromatic N) is 2. The number of amides is 1. The molecule has 0 radical (unpaired) electrons. The van der Waals surface area contributed by atoms with Crippen molar-refractivity contribution >= 4 is 49.0 Å². The van der Waals surface area contributed by atoms with E-state index in [-0.39, 0.29) is 10.9 Å². The Balaban J connectivity index is 1.85. The molecule has 6 nitrogen and oxygen atoms in total. The maximum atomic E-state index is 12.5. The minimum Gasteiger partial charge on any atom is -0.322 e. The average Bonchev–Trinajstić information content (AvgIpc) is 2.63. The van der Waals surface area contributed by atoms with Gasteiger partial charge in [-0.2, -0.15) is 0 Å². The maximum Gasteiger partial charge on any atom is 0.257 e. The van der Waals surface area contributed by atoms with Gasteiger partial charge in [0, 0.05) is 22.0 Å². The molecule has 0 aliphatic rings. The van der Waals surface area contributed by atoms with Crippen LogP contribution in [0.15, 0.2) is 64.1 Å². The fourth-order valence-electron chi connectivity index (χ4n) is 2.30. The fraction of sp³-hybridized carbons (Fsp3) is 0.0556. The highest BCUT2D eigenvalue weighted by Crippen LogP contribution is 2.24. The highest BCUT2D eigenvalue weighted by atomic mass is 79.9. The predicted octanol–water partition coefficient (Wildman–Crippen LogP) is 4.22. The molecular weight excluding hydrogens is 454 g/mol. The quantitative estimate of drug-likeness (QED) is 0.622. The summed E-state index contributed by atoms with van der Waals surface area (Å²) in [7, 11) is -3.41. The van der Waals surface area contributed by atoms with Crippen LogP contribution in [0.4, 0.5) is 5.69 Å². The van der Waals surface area contributed by atoms with E-state index in [1.54, 1.807) is 48.5 Å². The fourth-order valence-corrected chi connectivity index (χ4v) is 3.37. The first-order valence-corrected chi connectivity index (χ1v) is 10.7. The molecule has 0 unspecified atom stereocenters. The molecule has 9 heteroatoms. The van der Waals surface area contributed by atoms with Crippen LogP contribution in [0.3, 0.4) is 0 Å². The Kier molecular flexibility index (Phi) is 5.59. The van der Waals surface area contributed by atoms with Gasteiger partial charge < -0.3 is 5.32 Å². The van der Waals surface area contributed by atoms with Gasteiger partial charge in [0.2, 0.25) is 0 Å². The van der Waals surface area contributed by atoms with Crippen LogP contribution in [-0.2, 0) is 9.84 Å². The molecule has 0 bridgehead atoms. The van der Waals surface area contributed by atoms with Gasteiger partial charge in [0.1, 0.15) is 0 Å². The SMILES string of the molecule is CS(=O)(=O)c1ccc(-c2cccc(NC(=O)c3cc(Br)ccc3Cl)c2)nn1. The number of nitrogens with one attached hydrogen (secondary N) is 1. The van der Waals surface area contributed by atoms with E-state index in [0.29, 0.717) is 27.5 Å². The molecule has 138 valence electrons. The number of carbonyl (C=O) groups excluding carboxylic acids is 1. The van der Waals surface area contributed by atoms with Gasteiger partial charge in [-0.25, -0.2) is 8.42 Å². The van der Waals surface area contributed by atoms with E-state index in [4.69, 9.17) is 11.6 Å². The van der Waals surface area contributed by atoms with Crippen LogP contribution >= 0.6 is 27.5 Å². The Labute approximate surface area is 169 Å². The Hall–Kier alpha value is -2.29. The lowest BCUT2D eigenvalue weighted by molar-refractivity contribution is 0.102. The topological polar surface area (TPSA) is 89.0 Å². The smallest absolute Gasteiger partial charge is 0.257 e.